The summed E-state index contributed by atoms with van der Waals surface area (Å²) in [5.41, 5.74) is -0.0860. The van der Waals surface area contributed by atoms with Crippen molar-refractivity contribution in [2.24, 2.45) is 0 Å². The maximum Gasteiger partial charge on any atom is 0.267 e. The number of aromatic nitrogens is 2. The van der Waals surface area contributed by atoms with Crippen molar-refractivity contribution in [3.8, 4) is 0 Å². The summed E-state index contributed by atoms with van der Waals surface area (Å²) in [6, 6.07) is 1.60. The van der Waals surface area contributed by atoms with Crippen LogP contribution in [0.4, 0.5) is 0 Å². The van der Waals surface area contributed by atoms with Crippen LogP contribution in [0.15, 0.2) is 17.1 Å². The molecule has 1 saturated heterocycles. The highest BCUT2D eigenvalue weighted by Gasteiger charge is 2.19. The van der Waals surface area contributed by atoms with Gasteiger partial charge < -0.3 is 5.32 Å². The zero-order chi connectivity index (χ0) is 10.8. The second kappa shape index (κ2) is 4.02. The highest BCUT2D eigenvalue weighted by Crippen LogP contribution is 2.16. The Morgan fingerprint density at radius 2 is 2.13 bits per heavy atom. The van der Waals surface area contributed by atoms with Gasteiger partial charge >= 0.3 is 0 Å². The molecular weight excluding hydrogens is 194 g/mol. The molecule has 2 rings (SSSR count). The zero-order valence-electron chi connectivity index (χ0n) is 8.77. The van der Waals surface area contributed by atoms with E-state index in [1.54, 1.807) is 10.9 Å². The minimum atomic E-state index is -0.115. The Labute approximate surface area is 87.7 Å². The number of hydrogen-bond acceptors (Lipinski definition) is 3. The largest absolute Gasteiger partial charge is 0.317 e. The van der Waals surface area contributed by atoms with Crippen molar-refractivity contribution >= 4 is 5.91 Å². The minimum absolute atomic E-state index is 0.0860. The average molecular weight is 209 g/mol. The summed E-state index contributed by atoms with van der Waals surface area (Å²) >= 11 is 0. The highest BCUT2D eigenvalue weighted by molar-refractivity contribution is 5.75. The lowest BCUT2D eigenvalue weighted by molar-refractivity contribution is 0.0887. The van der Waals surface area contributed by atoms with Gasteiger partial charge in [-0.2, -0.15) is 0 Å². The van der Waals surface area contributed by atoms with Crippen LogP contribution in [-0.2, 0) is 0 Å². The van der Waals surface area contributed by atoms with E-state index in [9.17, 15) is 9.59 Å². The van der Waals surface area contributed by atoms with Crippen molar-refractivity contribution in [2.75, 3.05) is 13.1 Å². The molecule has 5 nitrogen and oxygen atoms in total. The van der Waals surface area contributed by atoms with E-state index in [4.69, 9.17) is 0 Å². The molecule has 0 spiro atoms. The van der Waals surface area contributed by atoms with Crippen LogP contribution in [-0.4, -0.2) is 28.4 Å². The van der Waals surface area contributed by atoms with Crippen LogP contribution in [0.25, 0.3) is 0 Å². The first kappa shape index (κ1) is 10.2. The topological polar surface area (TPSA) is 56.0 Å². The van der Waals surface area contributed by atoms with E-state index in [0.717, 1.165) is 25.9 Å². The predicted molar refractivity (Wildman–Crippen MR) is 56.1 cm³/mol. The monoisotopic (exact) mass is 209 g/mol. The number of nitrogens with one attached hydrogen (secondary N) is 1. The fraction of sp³-hybridized carbons (Fsp3) is 0.600. The van der Waals surface area contributed by atoms with E-state index >= 15 is 0 Å². The van der Waals surface area contributed by atoms with E-state index in [2.05, 4.69) is 5.32 Å². The van der Waals surface area contributed by atoms with Crippen LogP contribution in [0.2, 0.25) is 0 Å². The Kier molecular flexibility index (Phi) is 2.73. The smallest absolute Gasteiger partial charge is 0.267 e. The first-order valence-corrected chi connectivity index (χ1v) is 5.22. The number of rotatable bonds is 1. The van der Waals surface area contributed by atoms with Gasteiger partial charge in [0.2, 0.25) is 5.91 Å². The summed E-state index contributed by atoms with van der Waals surface area (Å²) in [6.07, 6.45) is 3.35. The van der Waals surface area contributed by atoms with Crippen molar-refractivity contribution in [1.82, 2.24) is 14.7 Å². The molecule has 0 unspecified atom stereocenters. The van der Waals surface area contributed by atoms with E-state index < -0.39 is 0 Å². The number of carbonyl (C=O) groups excluding carboxylic acids is 1. The van der Waals surface area contributed by atoms with Crippen LogP contribution in [0.1, 0.15) is 30.6 Å². The van der Waals surface area contributed by atoms with E-state index in [-0.39, 0.29) is 17.5 Å². The summed E-state index contributed by atoms with van der Waals surface area (Å²) in [5.74, 6) is -0.115. The van der Waals surface area contributed by atoms with Crippen LogP contribution in [0.3, 0.4) is 0 Å². The lowest BCUT2D eigenvalue weighted by Crippen LogP contribution is -2.36. The van der Waals surface area contributed by atoms with Gasteiger partial charge in [-0.15, -0.1) is 0 Å². The fourth-order valence-electron chi connectivity index (χ4n) is 2.05. The van der Waals surface area contributed by atoms with Gasteiger partial charge in [0.05, 0.1) is 6.04 Å². The minimum Gasteiger partial charge on any atom is -0.317 e. The van der Waals surface area contributed by atoms with Crippen LogP contribution < -0.4 is 10.9 Å². The molecule has 0 radical (unpaired) electrons. The summed E-state index contributed by atoms with van der Waals surface area (Å²) in [7, 11) is 0. The molecule has 82 valence electrons. The SMILES string of the molecule is CC(=O)n1ccc(=O)n1C1CCNCC1. The van der Waals surface area contributed by atoms with Crippen molar-refractivity contribution in [3.63, 3.8) is 0 Å². The molecule has 0 amide bonds. The molecule has 15 heavy (non-hydrogen) atoms. The van der Waals surface area contributed by atoms with Crippen molar-refractivity contribution in [1.29, 1.82) is 0 Å². The van der Waals surface area contributed by atoms with E-state index in [1.807, 2.05) is 0 Å². The molecule has 0 aliphatic carbocycles. The molecule has 1 aliphatic rings. The summed E-state index contributed by atoms with van der Waals surface area (Å²) in [5, 5.41) is 3.24. The first-order chi connectivity index (χ1) is 7.20. The maximum atomic E-state index is 11.6. The fourth-order valence-corrected chi connectivity index (χ4v) is 2.05. The van der Waals surface area contributed by atoms with Crippen molar-refractivity contribution in [2.45, 2.75) is 25.8 Å². The van der Waals surface area contributed by atoms with Gasteiger partial charge in [-0.05, 0) is 25.9 Å². The van der Waals surface area contributed by atoms with Crippen LogP contribution in [0.5, 0.6) is 0 Å². The molecule has 0 bridgehead atoms. The molecular formula is C10H15N3O2. The molecule has 0 atom stereocenters. The molecule has 0 saturated carbocycles. The van der Waals surface area contributed by atoms with Gasteiger partial charge in [0.15, 0.2) is 0 Å². The lowest BCUT2D eigenvalue weighted by atomic mass is 10.1. The third kappa shape index (κ3) is 1.87. The van der Waals surface area contributed by atoms with E-state index in [0.29, 0.717) is 0 Å². The molecule has 1 aromatic heterocycles. The number of piperidine rings is 1. The Balaban J connectivity index is 2.36. The number of hydrogen-bond donors (Lipinski definition) is 1. The number of carbonyl (C=O) groups is 1. The molecule has 2 heterocycles. The van der Waals surface area contributed by atoms with Crippen molar-refractivity contribution in [3.05, 3.63) is 22.6 Å². The second-order valence-electron chi connectivity index (χ2n) is 3.84. The Hall–Kier alpha value is -1.36. The Morgan fingerprint density at radius 1 is 1.47 bits per heavy atom. The summed E-state index contributed by atoms with van der Waals surface area (Å²) in [4.78, 5) is 22.9. The maximum absolute atomic E-state index is 11.6. The first-order valence-electron chi connectivity index (χ1n) is 5.22. The summed E-state index contributed by atoms with van der Waals surface area (Å²) in [6.45, 7) is 3.28. The van der Waals surface area contributed by atoms with Gasteiger partial charge in [0.1, 0.15) is 0 Å². The van der Waals surface area contributed by atoms with Gasteiger partial charge in [-0.1, -0.05) is 0 Å². The molecule has 1 aliphatic heterocycles. The van der Waals surface area contributed by atoms with Gasteiger partial charge in [0.25, 0.3) is 5.56 Å². The third-order valence-corrected chi connectivity index (χ3v) is 2.79. The Bertz CT molecular complexity index is 413. The second-order valence-corrected chi connectivity index (χ2v) is 3.84. The molecule has 5 heteroatoms. The van der Waals surface area contributed by atoms with Gasteiger partial charge in [-0.3, -0.25) is 9.59 Å². The van der Waals surface area contributed by atoms with Crippen molar-refractivity contribution < 1.29 is 4.79 Å². The summed E-state index contributed by atoms with van der Waals surface area (Å²) < 4.78 is 2.99. The van der Waals surface area contributed by atoms with Gasteiger partial charge in [0, 0.05) is 19.2 Å². The Morgan fingerprint density at radius 3 is 2.73 bits per heavy atom. The quantitative estimate of drug-likeness (QED) is 0.720. The molecule has 1 aromatic rings. The highest BCUT2D eigenvalue weighted by atomic mass is 16.2. The number of nitrogens with zero attached hydrogens (tertiary/aromatic N) is 2. The molecule has 1 N–H and O–H groups in total. The standard InChI is InChI=1S/C10H15N3O2/c1-8(14)12-7-4-10(15)13(12)9-2-5-11-6-3-9/h4,7,9,11H,2-3,5-6H2,1H3. The zero-order valence-corrected chi connectivity index (χ0v) is 8.77. The molecule has 1 fully saturated rings. The molecule has 0 aromatic carbocycles. The van der Waals surface area contributed by atoms with Gasteiger partial charge in [-0.25, -0.2) is 9.36 Å². The normalized spacial score (nSPS) is 17.9. The average Bonchev–Trinajstić information content (AvgIpc) is 2.61. The third-order valence-electron chi connectivity index (χ3n) is 2.79. The predicted octanol–water partition coefficient (Wildman–Crippen LogP) is 0.234. The van der Waals surface area contributed by atoms with Crippen LogP contribution in [0, 0.1) is 0 Å². The van der Waals surface area contributed by atoms with Crippen LogP contribution >= 0.6 is 0 Å². The lowest BCUT2D eigenvalue weighted by Gasteiger charge is -2.25. The van der Waals surface area contributed by atoms with E-state index in [1.165, 1.54) is 17.7 Å².